The van der Waals surface area contributed by atoms with Crippen LogP contribution in [0, 0.1) is 6.92 Å². The molecule has 4 nitrogen and oxygen atoms in total. The molecule has 0 atom stereocenters. The van der Waals surface area contributed by atoms with E-state index in [4.69, 9.17) is 10.5 Å². The van der Waals surface area contributed by atoms with E-state index in [1.54, 1.807) is 30.3 Å². The maximum atomic E-state index is 12.5. The standard InChI is InChI=1S/C15H12F3NO3/c1-9-11(14(19)20)7-8-12(22-15(16,17)18)13(9)21-10-5-3-2-4-6-10/h2-8H,1H3,(H2,19,20). The lowest BCUT2D eigenvalue weighted by Crippen LogP contribution is -2.19. The van der Waals surface area contributed by atoms with Crippen LogP contribution in [0.4, 0.5) is 13.2 Å². The SMILES string of the molecule is Cc1c(C(N)=O)ccc(OC(F)(F)F)c1Oc1ccccc1. The van der Waals surface area contributed by atoms with Gasteiger partial charge in [-0.15, -0.1) is 13.2 Å². The number of primary amides is 1. The van der Waals surface area contributed by atoms with Gasteiger partial charge in [-0.3, -0.25) is 4.79 Å². The van der Waals surface area contributed by atoms with Gasteiger partial charge in [-0.05, 0) is 31.2 Å². The first kappa shape index (κ1) is 15.7. The molecule has 0 bridgehead atoms. The van der Waals surface area contributed by atoms with Crippen molar-refractivity contribution in [1.29, 1.82) is 0 Å². The third-order valence-corrected chi connectivity index (χ3v) is 2.82. The van der Waals surface area contributed by atoms with Gasteiger partial charge in [0.05, 0.1) is 0 Å². The molecule has 2 aromatic carbocycles. The van der Waals surface area contributed by atoms with E-state index in [9.17, 15) is 18.0 Å². The summed E-state index contributed by atoms with van der Waals surface area (Å²) in [5, 5.41) is 0. The lowest BCUT2D eigenvalue weighted by Gasteiger charge is -2.17. The Hall–Kier alpha value is -2.70. The quantitative estimate of drug-likeness (QED) is 0.934. The van der Waals surface area contributed by atoms with Gasteiger partial charge in [0.2, 0.25) is 5.91 Å². The number of rotatable bonds is 4. The zero-order valence-electron chi connectivity index (χ0n) is 11.5. The minimum atomic E-state index is -4.88. The highest BCUT2D eigenvalue weighted by Gasteiger charge is 2.33. The zero-order chi connectivity index (χ0) is 16.3. The number of carbonyl (C=O) groups is 1. The second-order valence-electron chi connectivity index (χ2n) is 4.39. The van der Waals surface area contributed by atoms with Gasteiger partial charge in [0.25, 0.3) is 0 Å². The minimum Gasteiger partial charge on any atom is -0.453 e. The van der Waals surface area contributed by atoms with Crippen molar-refractivity contribution in [3.63, 3.8) is 0 Å². The Balaban J connectivity index is 2.50. The third-order valence-electron chi connectivity index (χ3n) is 2.82. The number of hydrogen-bond donors (Lipinski definition) is 1. The van der Waals surface area contributed by atoms with E-state index in [-0.39, 0.29) is 16.9 Å². The van der Waals surface area contributed by atoms with E-state index in [0.717, 1.165) is 12.1 Å². The van der Waals surface area contributed by atoms with Crippen LogP contribution in [0.1, 0.15) is 15.9 Å². The summed E-state index contributed by atoms with van der Waals surface area (Å²) in [6, 6.07) is 10.3. The van der Waals surface area contributed by atoms with E-state index in [0.29, 0.717) is 5.75 Å². The summed E-state index contributed by atoms with van der Waals surface area (Å²) in [6.45, 7) is 1.43. The van der Waals surface area contributed by atoms with Crippen LogP contribution in [-0.2, 0) is 0 Å². The van der Waals surface area contributed by atoms with Gasteiger partial charge in [0.15, 0.2) is 11.5 Å². The van der Waals surface area contributed by atoms with Crippen molar-refractivity contribution in [2.75, 3.05) is 0 Å². The van der Waals surface area contributed by atoms with Crippen molar-refractivity contribution in [3.8, 4) is 17.2 Å². The fourth-order valence-electron chi connectivity index (χ4n) is 1.87. The first-order chi connectivity index (χ1) is 10.3. The fraction of sp³-hybridized carbons (Fsp3) is 0.133. The Kier molecular flexibility index (Phi) is 4.25. The summed E-state index contributed by atoms with van der Waals surface area (Å²) < 4.78 is 46.8. The number of carbonyl (C=O) groups excluding carboxylic acids is 1. The normalized spacial score (nSPS) is 11.1. The van der Waals surface area contributed by atoms with Crippen LogP contribution in [0.2, 0.25) is 0 Å². The van der Waals surface area contributed by atoms with E-state index < -0.39 is 18.0 Å². The fourth-order valence-corrected chi connectivity index (χ4v) is 1.87. The van der Waals surface area contributed by atoms with Gasteiger partial charge in [0.1, 0.15) is 5.75 Å². The molecule has 0 aliphatic rings. The third kappa shape index (κ3) is 3.69. The molecule has 1 amide bonds. The molecule has 0 saturated heterocycles. The molecule has 0 aliphatic carbocycles. The predicted octanol–water partition coefficient (Wildman–Crippen LogP) is 3.78. The van der Waals surface area contributed by atoms with Crippen LogP contribution in [0.15, 0.2) is 42.5 Å². The molecule has 0 fully saturated rings. The Labute approximate surface area is 124 Å². The summed E-state index contributed by atoms with van der Waals surface area (Å²) in [4.78, 5) is 11.3. The van der Waals surface area contributed by atoms with Crippen molar-refractivity contribution in [3.05, 3.63) is 53.6 Å². The van der Waals surface area contributed by atoms with Gasteiger partial charge < -0.3 is 15.2 Å². The van der Waals surface area contributed by atoms with Crippen LogP contribution in [-0.4, -0.2) is 12.3 Å². The molecule has 116 valence electrons. The monoisotopic (exact) mass is 311 g/mol. The zero-order valence-corrected chi connectivity index (χ0v) is 11.5. The highest BCUT2D eigenvalue weighted by Crippen LogP contribution is 2.39. The van der Waals surface area contributed by atoms with Gasteiger partial charge in [-0.1, -0.05) is 18.2 Å². The number of benzene rings is 2. The molecular weight excluding hydrogens is 299 g/mol. The molecule has 0 aromatic heterocycles. The number of nitrogens with two attached hydrogens (primary N) is 1. The molecule has 0 radical (unpaired) electrons. The highest BCUT2D eigenvalue weighted by molar-refractivity contribution is 5.95. The molecule has 0 aliphatic heterocycles. The molecule has 0 saturated carbocycles. The molecule has 2 aromatic rings. The Bertz CT molecular complexity index is 684. The van der Waals surface area contributed by atoms with Gasteiger partial charge in [-0.2, -0.15) is 0 Å². The first-order valence-corrected chi connectivity index (χ1v) is 6.20. The summed E-state index contributed by atoms with van der Waals surface area (Å²) in [7, 11) is 0. The summed E-state index contributed by atoms with van der Waals surface area (Å²) in [5.41, 5.74) is 5.42. The van der Waals surface area contributed by atoms with Gasteiger partial charge in [-0.25, -0.2) is 0 Å². The Morgan fingerprint density at radius 1 is 1.09 bits per heavy atom. The minimum absolute atomic E-state index is 0.0560. The van der Waals surface area contributed by atoms with Crippen molar-refractivity contribution >= 4 is 5.91 Å². The van der Waals surface area contributed by atoms with Crippen LogP contribution in [0.25, 0.3) is 0 Å². The predicted molar refractivity (Wildman–Crippen MR) is 72.9 cm³/mol. The maximum Gasteiger partial charge on any atom is 0.573 e. The van der Waals surface area contributed by atoms with E-state index in [2.05, 4.69) is 4.74 Å². The van der Waals surface area contributed by atoms with Crippen LogP contribution in [0.5, 0.6) is 17.2 Å². The molecule has 7 heteroatoms. The summed E-state index contributed by atoms with van der Waals surface area (Å²) >= 11 is 0. The number of amides is 1. The van der Waals surface area contributed by atoms with Gasteiger partial charge >= 0.3 is 6.36 Å². The molecule has 2 rings (SSSR count). The number of ether oxygens (including phenoxy) is 2. The largest absolute Gasteiger partial charge is 0.573 e. The average molecular weight is 311 g/mol. The first-order valence-electron chi connectivity index (χ1n) is 6.20. The second kappa shape index (κ2) is 5.97. The average Bonchev–Trinajstić information content (AvgIpc) is 2.42. The molecule has 0 spiro atoms. The Morgan fingerprint density at radius 3 is 2.27 bits per heavy atom. The molecule has 0 unspecified atom stereocenters. The van der Waals surface area contributed by atoms with Crippen molar-refractivity contribution < 1.29 is 27.4 Å². The van der Waals surface area contributed by atoms with Crippen molar-refractivity contribution in [1.82, 2.24) is 0 Å². The summed E-state index contributed by atoms with van der Waals surface area (Å²) in [5.74, 6) is -1.22. The van der Waals surface area contributed by atoms with E-state index in [1.165, 1.54) is 6.92 Å². The molecular formula is C15H12F3NO3. The highest BCUT2D eigenvalue weighted by atomic mass is 19.4. The van der Waals surface area contributed by atoms with Gasteiger partial charge in [0, 0.05) is 11.1 Å². The number of para-hydroxylation sites is 1. The van der Waals surface area contributed by atoms with Crippen LogP contribution < -0.4 is 15.2 Å². The van der Waals surface area contributed by atoms with E-state index >= 15 is 0 Å². The van der Waals surface area contributed by atoms with Crippen LogP contribution >= 0.6 is 0 Å². The Morgan fingerprint density at radius 2 is 1.73 bits per heavy atom. The topological polar surface area (TPSA) is 61.6 Å². The smallest absolute Gasteiger partial charge is 0.453 e. The van der Waals surface area contributed by atoms with Crippen molar-refractivity contribution in [2.24, 2.45) is 5.73 Å². The lowest BCUT2D eigenvalue weighted by atomic mass is 10.1. The molecule has 0 heterocycles. The van der Waals surface area contributed by atoms with E-state index in [1.807, 2.05) is 0 Å². The number of alkyl halides is 3. The number of hydrogen-bond acceptors (Lipinski definition) is 3. The molecule has 22 heavy (non-hydrogen) atoms. The van der Waals surface area contributed by atoms with Crippen molar-refractivity contribution in [2.45, 2.75) is 13.3 Å². The lowest BCUT2D eigenvalue weighted by molar-refractivity contribution is -0.275. The summed E-state index contributed by atoms with van der Waals surface area (Å²) in [6.07, 6.45) is -4.88. The molecule has 2 N–H and O–H groups in total. The number of halogens is 3. The van der Waals surface area contributed by atoms with Crippen LogP contribution in [0.3, 0.4) is 0 Å². The second-order valence-corrected chi connectivity index (χ2v) is 4.39. The maximum absolute atomic E-state index is 12.5.